The van der Waals surface area contributed by atoms with Crippen molar-refractivity contribution >= 4 is 40.6 Å². The monoisotopic (exact) mass is 306 g/mol. The average molecular weight is 307 g/mol. The number of para-hydroxylation sites is 1. The van der Waals surface area contributed by atoms with Crippen molar-refractivity contribution in [2.75, 3.05) is 16.8 Å². The second-order valence-corrected chi connectivity index (χ2v) is 5.79. The molecule has 3 nitrogen and oxygen atoms in total. The second-order valence-electron chi connectivity index (χ2n) is 4.33. The van der Waals surface area contributed by atoms with Crippen LogP contribution in [-0.2, 0) is 4.79 Å². The first kappa shape index (κ1) is 14.8. The molecule has 0 radical (unpaired) electrons. The SMILES string of the molecule is Cc1cc(Cl)ccc1NC(=O)CSc1ccccc1N. The van der Waals surface area contributed by atoms with Gasteiger partial charge in [0.05, 0.1) is 5.75 Å². The van der Waals surface area contributed by atoms with E-state index in [4.69, 9.17) is 17.3 Å². The van der Waals surface area contributed by atoms with Crippen molar-refractivity contribution in [3.05, 3.63) is 53.1 Å². The van der Waals surface area contributed by atoms with Gasteiger partial charge in [-0.3, -0.25) is 4.79 Å². The lowest BCUT2D eigenvalue weighted by Crippen LogP contribution is -2.14. The summed E-state index contributed by atoms with van der Waals surface area (Å²) in [5, 5.41) is 3.53. The van der Waals surface area contributed by atoms with Gasteiger partial charge in [-0.05, 0) is 42.8 Å². The van der Waals surface area contributed by atoms with Crippen LogP contribution in [-0.4, -0.2) is 11.7 Å². The van der Waals surface area contributed by atoms with Crippen molar-refractivity contribution in [3.8, 4) is 0 Å². The zero-order chi connectivity index (χ0) is 14.5. The van der Waals surface area contributed by atoms with Crippen molar-refractivity contribution in [1.82, 2.24) is 0 Å². The van der Waals surface area contributed by atoms with E-state index in [2.05, 4.69) is 5.32 Å². The number of aryl methyl sites for hydroxylation is 1. The molecule has 0 atom stereocenters. The minimum atomic E-state index is -0.0660. The molecule has 0 aliphatic carbocycles. The Kier molecular flexibility index (Phi) is 4.93. The molecule has 0 spiro atoms. The number of nitrogens with two attached hydrogens (primary N) is 1. The molecule has 0 aromatic heterocycles. The maximum Gasteiger partial charge on any atom is 0.234 e. The number of rotatable bonds is 4. The molecule has 104 valence electrons. The highest BCUT2D eigenvalue weighted by Crippen LogP contribution is 2.25. The number of thioether (sulfide) groups is 1. The van der Waals surface area contributed by atoms with E-state index in [1.165, 1.54) is 11.8 Å². The van der Waals surface area contributed by atoms with Crippen LogP contribution >= 0.6 is 23.4 Å². The number of benzene rings is 2. The molecule has 20 heavy (non-hydrogen) atoms. The van der Waals surface area contributed by atoms with E-state index in [9.17, 15) is 4.79 Å². The van der Waals surface area contributed by atoms with Crippen LogP contribution in [0, 0.1) is 6.92 Å². The molecular formula is C15H15ClN2OS. The van der Waals surface area contributed by atoms with E-state index in [1.54, 1.807) is 12.1 Å². The molecule has 0 aliphatic rings. The molecule has 1 amide bonds. The topological polar surface area (TPSA) is 55.1 Å². The predicted octanol–water partition coefficient (Wildman–Crippen LogP) is 3.96. The number of hydrogen-bond donors (Lipinski definition) is 2. The third-order valence-electron chi connectivity index (χ3n) is 2.74. The van der Waals surface area contributed by atoms with Crippen molar-refractivity contribution in [2.45, 2.75) is 11.8 Å². The lowest BCUT2D eigenvalue weighted by atomic mass is 10.2. The van der Waals surface area contributed by atoms with Crippen LogP contribution in [0.3, 0.4) is 0 Å². The first-order valence-electron chi connectivity index (χ1n) is 6.09. The van der Waals surface area contributed by atoms with Gasteiger partial charge in [-0.15, -0.1) is 11.8 Å². The number of hydrogen-bond acceptors (Lipinski definition) is 3. The normalized spacial score (nSPS) is 10.3. The van der Waals surface area contributed by atoms with Gasteiger partial charge in [0.2, 0.25) is 5.91 Å². The maximum absolute atomic E-state index is 11.9. The second kappa shape index (κ2) is 6.68. The molecule has 0 aliphatic heterocycles. The maximum atomic E-state index is 11.9. The molecule has 5 heteroatoms. The summed E-state index contributed by atoms with van der Waals surface area (Å²) in [6.07, 6.45) is 0. The van der Waals surface area contributed by atoms with E-state index in [0.29, 0.717) is 16.5 Å². The van der Waals surface area contributed by atoms with Crippen molar-refractivity contribution in [1.29, 1.82) is 0 Å². The highest BCUT2D eigenvalue weighted by molar-refractivity contribution is 8.00. The number of amides is 1. The summed E-state index contributed by atoms with van der Waals surface area (Å²) >= 11 is 7.30. The summed E-state index contributed by atoms with van der Waals surface area (Å²) in [5.74, 6) is 0.250. The van der Waals surface area contributed by atoms with E-state index in [0.717, 1.165) is 16.1 Å². The van der Waals surface area contributed by atoms with Gasteiger partial charge in [-0.25, -0.2) is 0 Å². The summed E-state index contributed by atoms with van der Waals surface area (Å²) in [7, 11) is 0. The lowest BCUT2D eigenvalue weighted by molar-refractivity contribution is -0.113. The molecule has 3 N–H and O–H groups in total. The third kappa shape index (κ3) is 3.92. The Hall–Kier alpha value is -1.65. The highest BCUT2D eigenvalue weighted by atomic mass is 35.5. The third-order valence-corrected chi connectivity index (χ3v) is 4.06. The summed E-state index contributed by atoms with van der Waals surface area (Å²) in [6, 6.07) is 12.9. The first-order valence-corrected chi connectivity index (χ1v) is 7.46. The van der Waals surface area contributed by atoms with Crippen LogP contribution in [0.25, 0.3) is 0 Å². The predicted molar refractivity (Wildman–Crippen MR) is 86.4 cm³/mol. The van der Waals surface area contributed by atoms with Crippen LogP contribution in [0.4, 0.5) is 11.4 Å². The first-order chi connectivity index (χ1) is 9.56. The Balaban J connectivity index is 1.94. The summed E-state index contributed by atoms with van der Waals surface area (Å²) < 4.78 is 0. The van der Waals surface area contributed by atoms with E-state index in [-0.39, 0.29) is 5.91 Å². The van der Waals surface area contributed by atoms with Gasteiger partial charge < -0.3 is 11.1 Å². The number of halogens is 1. The van der Waals surface area contributed by atoms with Crippen molar-refractivity contribution in [2.24, 2.45) is 0 Å². The molecule has 2 aromatic rings. The molecule has 0 unspecified atom stereocenters. The molecule has 2 rings (SSSR count). The fraction of sp³-hybridized carbons (Fsp3) is 0.133. The van der Waals surface area contributed by atoms with Gasteiger partial charge in [0.1, 0.15) is 0 Å². The molecule has 2 aromatic carbocycles. The van der Waals surface area contributed by atoms with Gasteiger partial charge in [-0.1, -0.05) is 23.7 Å². The standard InChI is InChI=1S/C15H15ClN2OS/c1-10-8-11(16)6-7-13(10)18-15(19)9-20-14-5-3-2-4-12(14)17/h2-8H,9,17H2,1H3,(H,18,19). The van der Waals surface area contributed by atoms with Gasteiger partial charge in [0.25, 0.3) is 0 Å². The number of anilines is 2. The van der Waals surface area contributed by atoms with Gasteiger partial charge >= 0.3 is 0 Å². The fourth-order valence-corrected chi connectivity index (χ4v) is 2.70. The minimum absolute atomic E-state index is 0.0660. The van der Waals surface area contributed by atoms with E-state index < -0.39 is 0 Å². The largest absolute Gasteiger partial charge is 0.398 e. The smallest absolute Gasteiger partial charge is 0.234 e. The van der Waals surface area contributed by atoms with Gasteiger partial charge in [0, 0.05) is 21.3 Å². The summed E-state index contributed by atoms with van der Waals surface area (Å²) in [6.45, 7) is 1.91. The Bertz CT molecular complexity index is 631. The summed E-state index contributed by atoms with van der Waals surface area (Å²) in [4.78, 5) is 12.8. The lowest BCUT2D eigenvalue weighted by Gasteiger charge is -2.09. The van der Waals surface area contributed by atoms with Crippen LogP contribution < -0.4 is 11.1 Å². The Morgan fingerprint density at radius 2 is 2.05 bits per heavy atom. The molecular weight excluding hydrogens is 292 g/mol. The summed E-state index contributed by atoms with van der Waals surface area (Å²) in [5.41, 5.74) is 8.24. The van der Waals surface area contributed by atoms with Crippen LogP contribution in [0.2, 0.25) is 5.02 Å². The van der Waals surface area contributed by atoms with E-state index in [1.807, 2.05) is 37.3 Å². The van der Waals surface area contributed by atoms with Crippen LogP contribution in [0.15, 0.2) is 47.4 Å². The molecule has 0 bridgehead atoms. The van der Waals surface area contributed by atoms with Gasteiger partial charge in [-0.2, -0.15) is 0 Å². The Morgan fingerprint density at radius 3 is 2.75 bits per heavy atom. The van der Waals surface area contributed by atoms with E-state index >= 15 is 0 Å². The highest BCUT2D eigenvalue weighted by Gasteiger charge is 2.07. The molecule has 0 saturated carbocycles. The zero-order valence-electron chi connectivity index (χ0n) is 11.0. The fourth-order valence-electron chi connectivity index (χ4n) is 1.71. The zero-order valence-corrected chi connectivity index (χ0v) is 12.6. The van der Waals surface area contributed by atoms with Crippen LogP contribution in [0.1, 0.15) is 5.56 Å². The number of carbonyl (C=O) groups is 1. The number of nitrogens with one attached hydrogen (secondary N) is 1. The van der Waals surface area contributed by atoms with Crippen molar-refractivity contribution < 1.29 is 4.79 Å². The van der Waals surface area contributed by atoms with Crippen molar-refractivity contribution in [3.63, 3.8) is 0 Å². The number of nitrogen functional groups attached to an aromatic ring is 1. The Morgan fingerprint density at radius 1 is 1.30 bits per heavy atom. The molecule has 0 saturated heterocycles. The van der Waals surface area contributed by atoms with Crippen LogP contribution in [0.5, 0.6) is 0 Å². The molecule has 0 fully saturated rings. The minimum Gasteiger partial charge on any atom is -0.398 e. The average Bonchev–Trinajstić information content (AvgIpc) is 2.41. The quantitative estimate of drug-likeness (QED) is 0.664. The van der Waals surface area contributed by atoms with Gasteiger partial charge in [0.15, 0.2) is 0 Å². The Labute approximate surface area is 127 Å². The number of carbonyl (C=O) groups excluding carboxylic acids is 1. The molecule has 0 heterocycles.